The van der Waals surface area contributed by atoms with Crippen molar-refractivity contribution in [2.24, 2.45) is 17.8 Å². The highest BCUT2D eigenvalue weighted by molar-refractivity contribution is 7.16. The number of ether oxygens (including phenoxy) is 1. The second kappa shape index (κ2) is 8.00. The summed E-state index contributed by atoms with van der Waals surface area (Å²) in [5.41, 5.74) is 1.17. The van der Waals surface area contributed by atoms with Gasteiger partial charge >= 0.3 is 5.97 Å². The van der Waals surface area contributed by atoms with Crippen molar-refractivity contribution in [1.29, 1.82) is 0 Å². The van der Waals surface area contributed by atoms with Gasteiger partial charge in [-0.1, -0.05) is 13.8 Å². The van der Waals surface area contributed by atoms with Crippen LogP contribution >= 0.6 is 11.3 Å². The van der Waals surface area contributed by atoms with Crippen molar-refractivity contribution in [2.45, 2.75) is 47.0 Å². The molecule has 27 heavy (non-hydrogen) atoms. The Morgan fingerprint density at radius 1 is 1.15 bits per heavy atom. The second-order valence-electron chi connectivity index (χ2n) is 8.07. The number of hydrogen-bond acceptors (Lipinski definition) is 5. The van der Waals surface area contributed by atoms with E-state index >= 15 is 0 Å². The zero-order valence-electron chi connectivity index (χ0n) is 16.5. The first-order valence-electron chi connectivity index (χ1n) is 9.62. The number of likely N-dealkylation sites (tertiary alicyclic amines) is 1. The van der Waals surface area contributed by atoms with E-state index in [2.05, 4.69) is 19.2 Å². The van der Waals surface area contributed by atoms with Gasteiger partial charge in [-0.05, 0) is 50.5 Å². The molecule has 1 saturated heterocycles. The number of anilines is 1. The molecule has 148 valence electrons. The summed E-state index contributed by atoms with van der Waals surface area (Å²) in [6, 6.07) is 0. The number of nitrogens with zero attached hydrogens (tertiary/aromatic N) is 1. The Balaban J connectivity index is 1.63. The van der Waals surface area contributed by atoms with E-state index in [1.807, 2.05) is 13.8 Å². The molecule has 2 amide bonds. The summed E-state index contributed by atoms with van der Waals surface area (Å²) in [7, 11) is 0. The largest absolute Gasteiger partial charge is 0.452 e. The zero-order chi connectivity index (χ0) is 19.7. The number of carbonyl (C=O) groups is 3. The van der Waals surface area contributed by atoms with Gasteiger partial charge in [-0.25, -0.2) is 4.79 Å². The highest BCUT2D eigenvalue weighted by Crippen LogP contribution is 2.36. The number of nitrogens with one attached hydrogen (secondary N) is 1. The van der Waals surface area contributed by atoms with Crippen LogP contribution in [-0.4, -0.2) is 42.4 Å². The van der Waals surface area contributed by atoms with E-state index in [1.165, 1.54) is 11.3 Å². The number of rotatable bonds is 5. The minimum absolute atomic E-state index is 0.0438. The summed E-state index contributed by atoms with van der Waals surface area (Å²) >= 11 is 1.38. The van der Waals surface area contributed by atoms with Crippen molar-refractivity contribution in [3.63, 3.8) is 0 Å². The van der Waals surface area contributed by atoms with Gasteiger partial charge in [0.05, 0.1) is 5.56 Å². The predicted molar refractivity (Wildman–Crippen MR) is 105 cm³/mol. The zero-order valence-corrected chi connectivity index (χ0v) is 17.3. The summed E-state index contributed by atoms with van der Waals surface area (Å²) in [6.45, 7) is 9.17. The molecule has 0 bridgehead atoms. The first-order valence-corrected chi connectivity index (χ1v) is 10.4. The number of esters is 1. The molecule has 3 rings (SSSR count). The van der Waals surface area contributed by atoms with E-state index in [-0.39, 0.29) is 24.3 Å². The third-order valence-electron chi connectivity index (χ3n) is 5.32. The van der Waals surface area contributed by atoms with Crippen LogP contribution in [-0.2, 0) is 14.3 Å². The normalized spacial score (nSPS) is 22.4. The van der Waals surface area contributed by atoms with Gasteiger partial charge in [0.2, 0.25) is 5.91 Å². The Morgan fingerprint density at radius 3 is 2.37 bits per heavy atom. The lowest BCUT2D eigenvalue weighted by atomic mass is 9.92. The molecule has 1 saturated carbocycles. The fourth-order valence-electron chi connectivity index (χ4n) is 3.68. The van der Waals surface area contributed by atoms with Crippen LogP contribution in [0.2, 0.25) is 0 Å². The van der Waals surface area contributed by atoms with Gasteiger partial charge < -0.3 is 15.0 Å². The molecule has 1 aromatic heterocycles. The molecule has 1 N–H and O–H groups in total. The van der Waals surface area contributed by atoms with Gasteiger partial charge in [0.15, 0.2) is 6.61 Å². The lowest BCUT2D eigenvalue weighted by molar-refractivity contribution is -0.137. The van der Waals surface area contributed by atoms with Crippen molar-refractivity contribution >= 4 is 34.1 Å². The summed E-state index contributed by atoms with van der Waals surface area (Å²) in [5.74, 6) is 0.224. The maximum absolute atomic E-state index is 12.6. The van der Waals surface area contributed by atoms with Crippen molar-refractivity contribution in [3.8, 4) is 0 Å². The Labute approximate surface area is 164 Å². The summed E-state index contributed by atoms with van der Waals surface area (Å²) < 4.78 is 5.33. The van der Waals surface area contributed by atoms with E-state index in [4.69, 9.17) is 4.74 Å². The Hall–Kier alpha value is -1.89. The number of thiophene rings is 1. The highest BCUT2D eigenvalue weighted by atomic mass is 32.1. The lowest BCUT2D eigenvalue weighted by Crippen LogP contribution is -2.44. The minimum atomic E-state index is -0.547. The number of piperidine rings is 1. The molecule has 0 spiro atoms. The van der Waals surface area contributed by atoms with Gasteiger partial charge in [-0.15, -0.1) is 11.3 Å². The number of aryl methyl sites for hydroxylation is 1. The molecule has 2 fully saturated rings. The third-order valence-corrected chi connectivity index (χ3v) is 6.45. The fraction of sp³-hybridized carbons (Fsp3) is 0.650. The van der Waals surface area contributed by atoms with Crippen LogP contribution < -0.4 is 5.32 Å². The van der Waals surface area contributed by atoms with Gasteiger partial charge in [0, 0.05) is 23.9 Å². The van der Waals surface area contributed by atoms with Gasteiger partial charge in [0.25, 0.3) is 5.91 Å². The minimum Gasteiger partial charge on any atom is -0.452 e. The van der Waals surface area contributed by atoms with E-state index < -0.39 is 5.97 Å². The third kappa shape index (κ3) is 4.69. The van der Waals surface area contributed by atoms with Crippen LogP contribution in [0.4, 0.5) is 5.00 Å². The maximum Gasteiger partial charge on any atom is 0.341 e. The molecule has 2 aliphatic rings. The van der Waals surface area contributed by atoms with Gasteiger partial charge in [-0.2, -0.15) is 0 Å². The van der Waals surface area contributed by atoms with Crippen molar-refractivity contribution in [2.75, 3.05) is 25.0 Å². The SMILES string of the molecule is Cc1sc(NC(=O)C2CC2)c(C(=O)OCC(=O)N2C[C@@H](C)C[C@H](C)C2)c1C. The molecule has 1 aliphatic carbocycles. The Kier molecular flexibility index (Phi) is 5.89. The van der Waals surface area contributed by atoms with Crippen molar-refractivity contribution in [3.05, 3.63) is 16.0 Å². The molecule has 2 heterocycles. The topological polar surface area (TPSA) is 75.7 Å². The van der Waals surface area contributed by atoms with Crippen LogP contribution in [0.1, 0.15) is 53.9 Å². The van der Waals surface area contributed by atoms with Crippen LogP contribution in [0.3, 0.4) is 0 Å². The van der Waals surface area contributed by atoms with E-state index in [0.717, 1.165) is 29.7 Å². The van der Waals surface area contributed by atoms with E-state index in [9.17, 15) is 14.4 Å². The quantitative estimate of drug-likeness (QED) is 0.780. The molecule has 0 radical (unpaired) electrons. The van der Waals surface area contributed by atoms with Crippen LogP contribution in [0, 0.1) is 31.6 Å². The van der Waals surface area contributed by atoms with E-state index in [0.29, 0.717) is 35.5 Å². The predicted octanol–water partition coefficient (Wildman–Crippen LogP) is 3.37. The number of carbonyl (C=O) groups excluding carboxylic acids is 3. The number of amides is 2. The van der Waals surface area contributed by atoms with Crippen LogP contribution in [0.15, 0.2) is 0 Å². The molecular formula is C20H28N2O4S. The summed E-state index contributed by atoms with van der Waals surface area (Å²) in [6.07, 6.45) is 2.91. The van der Waals surface area contributed by atoms with Crippen molar-refractivity contribution < 1.29 is 19.1 Å². The second-order valence-corrected chi connectivity index (χ2v) is 9.30. The maximum atomic E-state index is 12.6. The smallest absolute Gasteiger partial charge is 0.341 e. The standard InChI is InChI=1S/C20H28N2O4S/c1-11-7-12(2)9-22(8-11)16(23)10-26-20(25)17-13(3)14(4)27-19(17)21-18(24)15-5-6-15/h11-12,15H,5-10H2,1-4H3,(H,21,24)/t11-,12-/m0/s1. The van der Waals surface area contributed by atoms with Gasteiger partial charge in [0.1, 0.15) is 5.00 Å². The first-order chi connectivity index (χ1) is 12.8. The summed E-state index contributed by atoms with van der Waals surface area (Å²) in [5, 5.41) is 3.39. The average molecular weight is 393 g/mol. The molecule has 6 nitrogen and oxygen atoms in total. The lowest BCUT2D eigenvalue weighted by Gasteiger charge is -2.34. The monoisotopic (exact) mass is 392 g/mol. The van der Waals surface area contributed by atoms with Crippen molar-refractivity contribution in [1.82, 2.24) is 4.90 Å². The summed E-state index contributed by atoms with van der Waals surface area (Å²) in [4.78, 5) is 39.9. The number of hydrogen-bond donors (Lipinski definition) is 1. The molecule has 7 heteroatoms. The van der Waals surface area contributed by atoms with Crippen LogP contribution in [0.25, 0.3) is 0 Å². The molecule has 0 unspecified atom stereocenters. The molecule has 0 aromatic carbocycles. The van der Waals surface area contributed by atoms with E-state index in [1.54, 1.807) is 4.90 Å². The fourth-order valence-corrected chi connectivity index (χ4v) is 4.73. The average Bonchev–Trinajstić information content (AvgIpc) is 3.39. The van der Waals surface area contributed by atoms with Gasteiger partial charge in [-0.3, -0.25) is 9.59 Å². The highest BCUT2D eigenvalue weighted by Gasteiger charge is 2.32. The first kappa shape index (κ1) is 19.9. The van der Waals surface area contributed by atoms with Crippen LogP contribution in [0.5, 0.6) is 0 Å². The molecule has 1 aliphatic heterocycles. The molecule has 2 atom stereocenters. The molecule has 1 aromatic rings. The Bertz CT molecular complexity index is 743. The molecular weight excluding hydrogens is 364 g/mol. The Morgan fingerprint density at radius 2 is 1.78 bits per heavy atom.